The molecule has 0 bridgehead atoms. The van der Waals surface area contributed by atoms with Gasteiger partial charge in [-0.15, -0.1) is 11.3 Å². The topological polar surface area (TPSA) is 20.5 Å². The van der Waals surface area contributed by atoms with E-state index in [4.69, 9.17) is 4.98 Å². The number of benzene rings is 1. The van der Waals surface area contributed by atoms with Crippen molar-refractivity contribution < 1.29 is 0 Å². The van der Waals surface area contributed by atoms with Crippen molar-refractivity contribution in [3.05, 3.63) is 41.0 Å². The second kappa shape index (κ2) is 4.35. The Morgan fingerprint density at radius 1 is 1.15 bits per heavy atom. The highest BCUT2D eigenvalue weighted by molar-refractivity contribution is 7.17. The maximum atomic E-state index is 4.79. The molecule has 0 fully saturated rings. The van der Waals surface area contributed by atoms with Gasteiger partial charge in [0.05, 0.1) is 5.69 Å². The molecule has 2 heterocycles. The molecular formula is C16H17N3S. The first kappa shape index (κ1) is 12.0. The lowest BCUT2D eigenvalue weighted by Gasteiger charge is -2.12. The van der Waals surface area contributed by atoms with Gasteiger partial charge in [0, 0.05) is 42.1 Å². The Hall–Kier alpha value is -1.81. The van der Waals surface area contributed by atoms with E-state index in [0.29, 0.717) is 0 Å². The van der Waals surface area contributed by atoms with Gasteiger partial charge in [0.15, 0.2) is 4.96 Å². The van der Waals surface area contributed by atoms with Crippen LogP contribution in [-0.2, 0) is 12.8 Å². The largest absolute Gasteiger partial charge is 0.378 e. The minimum absolute atomic E-state index is 1.08. The van der Waals surface area contributed by atoms with Gasteiger partial charge < -0.3 is 4.90 Å². The Labute approximate surface area is 122 Å². The molecule has 0 radical (unpaired) electrons. The number of anilines is 1. The van der Waals surface area contributed by atoms with Gasteiger partial charge in [-0.05, 0) is 31.4 Å². The Kier molecular flexibility index (Phi) is 2.60. The first-order valence-electron chi connectivity index (χ1n) is 7.00. The average molecular weight is 283 g/mol. The summed E-state index contributed by atoms with van der Waals surface area (Å²) in [5, 5.41) is 0. The van der Waals surface area contributed by atoms with Crippen molar-refractivity contribution >= 4 is 22.0 Å². The standard InChI is InChI=1S/C16H17N3S/c1-18(2)12-8-6-11(7-9-12)13-10-19-14-4-3-5-15(14)20-16(19)17-13/h6-10H,3-5H2,1-2H3. The molecule has 0 atom stereocenters. The van der Waals surface area contributed by atoms with Crippen LogP contribution in [0.5, 0.6) is 0 Å². The van der Waals surface area contributed by atoms with Crippen molar-refractivity contribution in [2.45, 2.75) is 19.3 Å². The average Bonchev–Trinajstić information content (AvgIpc) is 3.09. The summed E-state index contributed by atoms with van der Waals surface area (Å²) in [5.74, 6) is 0. The highest BCUT2D eigenvalue weighted by Gasteiger charge is 2.19. The maximum Gasteiger partial charge on any atom is 0.194 e. The minimum Gasteiger partial charge on any atom is -0.378 e. The van der Waals surface area contributed by atoms with Crippen molar-refractivity contribution in [3.8, 4) is 11.3 Å². The number of imidazole rings is 1. The minimum atomic E-state index is 1.08. The summed E-state index contributed by atoms with van der Waals surface area (Å²) in [7, 11) is 4.12. The summed E-state index contributed by atoms with van der Waals surface area (Å²) in [5.41, 5.74) is 4.97. The molecule has 0 spiro atoms. The van der Waals surface area contributed by atoms with E-state index in [0.717, 1.165) is 10.7 Å². The third-order valence-corrected chi connectivity index (χ3v) is 5.15. The zero-order chi connectivity index (χ0) is 13.7. The maximum absolute atomic E-state index is 4.79. The van der Waals surface area contributed by atoms with Crippen LogP contribution in [0.25, 0.3) is 16.2 Å². The SMILES string of the molecule is CN(C)c1ccc(-c2cn3c4c(sc3n2)CCC4)cc1. The number of fused-ring (bicyclic) bond motifs is 3. The van der Waals surface area contributed by atoms with Gasteiger partial charge in [0.25, 0.3) is 0 Å². The van der Waals surface area contributed by atoms with E-state index in [1.165, 1.54) is 41.1 Å². The number of hydrogen-bond acceptors (Lipinski definition) is 3. The van der Waals surface area contributed by atoms with Gasteiger partial charge >= 0.3 is 0 Å². The smallest absolute Gasteiger partial charge is 0.194 e. The fourth-order valence-corrected chi connectivity index (χ4v) is 4.06. The van der Waals surface area contributed by atoms with Crippen LogP contribution in [0.4, 0.5) is 5.69 Å². The Morgan fingerprint density at radius 2 is 1.95 bits per heavy atom. The van der Waals surface area contributed by atoms with E-state index in [1.54, 1.807) is 0 Å². The summed E-state index contributed by atoms with van der Waals surface area (Å²) >= 11 is 1.85. The van der Waals surface area contributed by atoms with Gasteiger partial charge in [-0.1, -0.05) is 12.1 Å². The quantitative estimate of drug-likeness (QED) is 0.716. The molecule has 102 valence electrons. The van der Waals surface area contributed by atoms with Crippen molar-refractivity contribution in [1.82, 2.24) is 9.38 Å². The van der Waals surface area contributed by atoms with E-state index >= 15 is 0 Å². The molecule has 0 unspecified atom stereocenters. The summed E-state index contributed by atoms with van der Waals surface area (Å²) in [6, 6.07) is 8.60. The van der Waals surface area contributed by atoms with Gasteiger partial charge in [-0.25, -0.2) is 4.98 Å². The number of nitrogens with zero attached hydrogens (tertiary/aromatic N) is 3. The lowest BCUT2D eigenvalue weighted by Crippen LogP contribution is -2.07. The molecule has 1 aromatic carbocycles. The number of thiazole rings is 1. The second-order valence-electron chi connectivity index (χ2n) is 5.55. The zero-order valence-corrected chi connectivity index (χ0v) is 12.6. The number of aryl methyl sites for hydroxylation is 2. The van der Waals surface area contributed by atoms with Crippen LogP contribution in [0.1, 0.15) is 17.0 Å². The van der Waals surface area contributed by atoms with E-state index in [-0.39, 0.29) is 0 Å². The molecular weight excluding hydrogens is 266 g/mol. The number of rotatable bonds is 2. The van der Waals surface area contributed by atoms with Crippen LogP contribution in [-0.4, -0.2) is 23.5 Å². The van der Waals surface area contributed by atoms with Crippen LogP contribution in [0.2, 0.25) is 0 Å². The normalized spacial score (nSPS) is 13.9. The fraction of sp³-hybridized carbons (Fsp3) is 0.312. The highest BCUT2D eigenvalue weighted by atomic mass is 32.1. The summed E-state index contributed by atoms with van der Waals surface area (Å²) in [4.78, 5) is 9.57. The zero-order valence-electron chi connectivity index (χ0n) is 11.8. The van der Waals surface area contributed by atoms with Crippen molar-refractivity contribution in [2.24, 2.45) is 0 Å². The fourth-order valence-electron chi connectivity index (χ4n) is 2.87. The lowest BCUT2D eigenvalue weighted by atomic mass is 10.1. The van der Waals surface area contributed by atoms with E-state index in [1.807, 2.05) is 11.3 Å². The van der Waals surface area contributed by atoms with Crippen LogP contribution in [0, 0.1) is 0 Å². The van der Waals surface area contributed by atoms with Crippen LogP contribution < -0.4 is 4.90 Å². The molecule has 1 aliphatic rings. The van der Waals surface area contributed by atoms with Gasteiger partial charge in [-0.3, -0.25) is 4.40 Å². The van der Waals surface area contributed by atoms with Gasteiger partial charge in [-0.2, -0.15) is 0 Å². The number of aromatic nitrogens is 2. The Bertz CT molecular complexity index is 765. The van der Waals surface area contributed by atoms with Crippen molar-refractivity contribution in [1.29, 1.82) is 0 Å². The first-order valence-corrected chi connectivity index (χ1v) is 7.81. The molecule has 0 N–H and O–H groups in total. The molecule has 0 saturated carbocycles. The van der Waals surface area contributed by atoms with Crippen LogP contribution in [0.3, 0.4) is 0 Å². The van der Waals surface area contributed by atoms with Crippen molar-refractivity contribution in [2.75, 3.05) is 19.0 Å². The van der Waals surface area contributed by atoms with Gasteiger partial charge in [0.2, 0.25) is 0 Å². The second-order valence-corrected chi connectivity index (χ2v) is 6.61. The Morgan fingerprint density at radius 3 is 2.70 bits per heavy atom. The van der Waals surface area contributed by atoms with Gasteiger partial charge in [0.1, 0.15) is 0 Å². The molecule has 0 saturated heterocycles. The summed E-state index contributed by atoms with van der Waals surface area (Å²) in [6.07, 6.45) is 5.92. The van der Waals surface area contributed by atoms with E-state index < -0.39 is 0 Å². The first-order chi connectivity index (χ1) is 9.72. The molecule has 4 rings (SSSR count). The molecule has 3 aromatic rings. The third-order valence-electron chi connectivity index (χ3n) is 4.00. The molecule has 3 nitrogen and oxygen atoms in total. The van der Waals surface area contributed by atoms with Crippen LogP contribution in [0.15, 0.2) is 30.5 Å². The lowest BCUT2D eigenvalue weighted by molar-refractivity contribution is 0.888. The predicted octanol–water partition coefficient (Wildman–Crippen LogP) is 3.62. The predicted molar refractivity (Wildman–Crippen MR) is 84.9 cm³/mol. The molecule has 4 heteroatoms. The van der Waals surface area contributed by atoms with Crippen LogP contribution >= 0.6 is 11.3 Å². The number of hydrogen-bond donors (Lipinski definition) is 0. The summed E-state index contributed by atoms with van der Waals surface area (Å²) in [6.45, 7) is 0. The third kappa shape index (κ3) is 1.75. The molecule has 1 aliphatic carbocycles. The Balaban J connectivity index is 1.76. The molecule has 0 aliphatic heterocycles. The highest BCUT2D eigenvalue weighted by Crippen LogP contribution is 2.33. The van der Waals surface area contributed by atoms with Crippen molar-refractivity contribution in [3.63, 3.8) is 0 Å². The monoisotopic (exact) mass is 283 g/mol. The van der Waals surface area contributed by atoms with E-state index in [9.17, 15) is 0 Å². The molecule has 2 aromatic heterocycles. The molecule has 0 amide bonds. The van der Waals surface area contributed by atoms with E-state index in [2.05, 4.69) is 53.9 Å². The summed E-state index contributed by atoms with van der Waals surface area (Å²) < 4.78 is 2.29. The molecule has 20 heavy (non-hydrogen) atoms.